The van der Waals surface area contributed by atoms with Gasteiger partial charge in [0.25, 0.3) is 0 Å². The maximum Gasteiger partial charge on any atom is 0.244 e. The summed E-state index contributed by atoms with van der Waals surface area (Å²) in [6.07, 6.45) is 1.95. The molecule has 0 aliphatic carbocycles. The van der Waals surface area contributed by atoms with Crippen molar-refractivity contribution in [2.75, 3.05) is 11.9 Å². The molecule has 0 spiro atoms. The minimum Gasteiger partial charge on any atom is -0.299 e. The lowest BCUT2D eigenvalue weighted by Gasteiger charge is -2.33. The molecule has 0 bridgehead atoms. The summed E-state index contributed by atoms with van der Waals surface area (Å²) in [7, 11) is -3.79. The van der Waals surface area contributed by atoms with Gasteiger partial charge in [-0.05, 0) is 53.0 Å². The zero-order chi connectivity index (χ0) is 18.0. The van der Waals surface area contributed by atoms with Crippen LogP contribution in [0.3, 0.4) is 0 Å². The van der Waals surface area contributed by atoms with E-state index in [4.69, 9.17) is 11.6 Å². The zero-order valence-electron chi connectivity index (χ0n) is 12.9. The Morgan fingerprint density at radius 3 is 2.64 bits per heavy atom. The van der Waals surface area contributed by atoms with E-state index in [1.807, 2.05) is 0 Å². The molecule has 1 aromatic carbocycles. The van der Waals surface area contributed by atoms with Crippen LogP contribution in [0.25, 0.3) is 0 Å². The second kappa shape index (κ2) is 7.67. The Morgan fingerprint density at radius 2 is 2.00 bits per heavy atom. The number of halogens is 2. The van der Waals surface area contributed by atoms with Crippen LogP contribution < -0.4 is 5.32 Å². The number of nitrogens with zero attached hydrogens (tertiary/aromatic N) is 3. The molecule has 0 saturated carbocycles. The molecule has 1 fully saturated rings. The monoisotopic (exact) mass is 464 g/mol. The highest BCUT2D eigenvalue weighted by Crippen LogP contribution is 2.28. The second-order valence-electron chi connectivity index (χ2n) is 5.43. The average molecular weight is 466 g/mol. The Bertz CT molecular complexity index is 872. The fourth-order valence-corrected chi connectivity index (χ4v) is 5.44. The van der Waals surface area contributed by atoms with Crippen molar-refractivity contribution < 1.29 is 13.2 Å². The van der Waals surface area contributed by atoms with E-state index in [2.05, 4.69) is 31.4 Å². The summed E-state index contributed by atoms with van der Waals surface area (Å²) >= 11 is 10.2. The number of piperidine rings is 1. The Kier molecular flexibility index (Phi) is 5.74. The van der Waals surface area contributed by atoms with Gasteiger partial charge in [0.05, 0.1) is 4.90 Å². The molecule has 1 aliphatic rings. The first-order valence-corrected chi connectivity index (χ1v) is 10.9. The number of rotatable bonds is 4. The van der Waals surface area contributed by atoms with Crippen LogP contribution in [0, 0.1) is 0 Å². The number of hydrogen-bond acceptors (Lipinski definition) is 6. The predicted molar refractivity (Wildman–Crippen MR) is 99.2 cm³/mol. The van der Waals surface area contributed by atoms with Crippen LogP contribution >= 0.6 is 38.9 Å². The quantitative estimate of drug-likeness (QED) is 0.749. The van der Waals surface area contributed by atoms with Gasteiger partial charge in [0.1, 0.15) is 6.04 Å². The Balaban J connectivity index is 1.84. The summed E-state index contributed by atoms with van der Waals surface area (Å²) < 4.78 is 27.7. The van der Waals surface area contributed by atoms with Gasteiger partial charge < -0.3 is 0 Å². The SMILES string of the molecule is O=C(Nc1nnc(Br)s1)[C@H]1CCCCN1S(=O)(=O)c1ccc(Cl)cc1. The fourth-order valence-electron chi connectivity index (χ4n) is 2.64. The van der Waals surface area contributed by atoms with Crippen LogP contribution in [0.15, 0.2) is 33.1 Å². The molecule has 7 nitrogen and oxygen atoms in total. The molecule has 11 heteroatoms. The number of anilines is 1. The molecule has 1 aliphatic heterocycles. The molecule has 1 amide bonds. The lowest BCUT2D eigenvalue weighted by Crippen LogP contribution is -2.49. The minimum atomic E-state index is -3.79. The Morgan fingerprint density at radius 1 is 1.28 bits per heavy atom. The van der Waals surface area contributed by atoms with Crippen LogP contribution in [-0.4, -0.2) is 41.4 Å². The molecule has 1 aromatic heterocycles. The number of benzene rings is 1. The number of sulfonamides is 1. The number of nitrogens with one attached hydrogen (secondary N) is 1. The summed E-state index contributed by atoms with van der Waals surface area (Å²) in [6.45, 7) is 0.295. The Hall–Kier alpha value is -1.07. The summed E-state index contributed by atoms with van der Waals surface area (Å²) in [6, 6.07) is 5.15. The summed E-state index contributed by atoms with van der Waals surface area (Å²) in [5.41, 5.74) is 0. The average Bonchev–Trinajstić information content (AvgIpc) is 3.00. The normalized spacial score (nSPS) is 18.9. The van der Waals surface area contributed by atoms with Crippen molar-refractivity contribution >= 4 is 59.9 Å². The first-order valence-electron chi connectivity index (χ1n) is 7.45. The van der Waals surface area contributed by atoms with Gasteiger partial charge in [0.15, 0.2) is 3.92 Å². The molecule has 134 valence electrons. The topological polar surface area (TPSA) is 92.3 Å². The lowest BCUT2D eigenvalue weighted by molar-refractivity contribution is -0.120. The van der Waals surface area contributed by atoms with E-state index in [-0.39, 0.29) is 4.90 Å². The molecular weight excluding hydrogens is 452 g/mol. The molecule has 3 rings (SSSR count). The third kappa shape index (κ3) is 4.20. The highest BCUT2D eigenvalue weighted by atomic mass is 79.9. The van der Waals surface area contributed by atoms with Crippen molar-refractivity contribution in [2.45, 2.75) is 30.2 Å². The Labute approximate surface area is 162 Å². The van der Waals surface area contributed by atoms with Gasteiger partial charge in [-0.15, -0.1) is 10.2 Å². The number of carbonyl (C=O) groups excluding carboxylic acids is 1. The standard InChI is InChI=1S/C14H14BrClN4O3S2/c15-13-18-19-14(24-13)17-12(21)11-3-1-2-8-20(11)25(22,23)10-6-4-9(16)5-7-10/h4-7,11H,1-3,8H2,(H,17,19,21)/t11-/m1/s1. The zero-order valence-corrected chi connectivity index (χ0v) is 16.8. The van der Waals surface area contributed by atoms with Gasteiger partial charge in [-0.1, -0.05) is 29.4 Å². The summed E-state index contributed by atoms with van der Waals surface area (Å²) in [5.74, 6) is -0.402. The first kappa shape index (κ1) is 18.7. The molecule has 25 heavy (non-hydrogen) atoms. The van der Waals surface area contributed by atoms with Crippen LogP contribution in [0.2, 0.25) is 5.02 Å². The van der Waals surface area contributed by atoms with Gasteiger partial charge in [-0.25, -0.2) is 8.42 Å². The van der Waals surface area contributed by atoms with Crippen molar-refractivity contribution in [3.63, 3.8) is 0 Å². The highest BCUT2D eigenvalue weighted by molar-refractivity contribution is 9.11. The van der Waals surface area contributed by atoms with Crippen LogP contribution in [0.1, 0.15) is 19.3 Å². The molecule has 1 N–H and O–H groups in total. The van der Waals surface area contributed by atoms with Crippen molar-refractivity contribution in [3.05, 3.63) is 33.2 Å². The fraction of sp³-hybridized carbons (Fsp3) is 0.357. The van der Waals surface area contributed by atoms with Gasteiger partial charge in [0, 0.05) is 11.6 Å². The first-order chi connectivity index (χ1) is 11.9. The summed E-state index contributed by atoms with van der Waals surface area (Å²) in [5, 5.41) is 11.0. The number of amides is 1. The van der Waals surface area contributed by atoms with E-state index in [1.165, 1.54) is 39.9 Å². The van der Waals surface area contributed by atoms with Crippen LogP contribution in [-0.2, 0) is 14.8 Å². The van der Waals surface area contributed by atoms with Crippen molar-refractivity contribution in [3.8, 4) is 0 Å². The maximum absolute atomic E-state index is 12.9. The largest absolute Gasteiger partial charge is 0.299 e. The van der Waals surface area contributed by atoms with Gasteiger partial charge >= 0.3 is 0 Å². The van der Waals surface area contributed by atoms with Crippen LogP contribution in [0.4, 0.5) is 5.13 Å². The van der Waals surface area contributed by atoms with E-state index in [0.29, 0.717) is 33.5 Å². The predicted octanol–water partition coefficient (Wildman–Crippen LogP) is 3.14. The third-order valence-corrected chi connectivity index (χ3v) is 7.25. The van der Waals surface area contributed by atoms with Gasteiger partial charge in [0.2, 0.25) is 21.1 Å². The number of aromatic nitrogens is 2. The summed E-state index contributed by atoms with van der Waals surface area (Å²) in [4.78, 5) is 12.7. The van der Waals surface area contributed by atoms with Crippen LogP contribution in [0.5, 0.6) is 0 Å². The number of carbonyl (C=O) groups is 1. The van der Waals surface area contributed by atoms with E-state index < -0.39 is 22.0 Å². The second-order valence-corrected chi connectivity index (χ2v) is 10.0. The van der Waals surface area contributed by atoms with E-state index >= 15 is 0 Å². The van der Waals surface area contributed by atoms with E-state index in [9.17, 15) is 13.2 Å². The maximum atomic E-state index is 12.9. The highest BCUT2D eigenvalue weighted by Gasteiger charge is 2.37. The van der Waals surface area contributed by atoms with E-state index in [1.54, 1.807) is 0 Å². The molecule has 1 atom stereocenters. The molecule has 0 radical (unpaired) electrons. The van der Waals surface area contributed by atoms with Crippen molar-refractivity contribution in [1.29, 1.82) is 0 Å². The molecular formula is C14H14BrClN4O3S2. The smallest absolute Gasteiger partial charge is 0.244 e. The molecule has 2 aromatic rings. The van der Waals surface area contributed by atoms with Gasteiger partial charge in [-0.2, -0.15) is 4.31 Å². The molecule has 2 heterocycles. The van der Waals surface area contributed by atoms with Crippen molar-refractivity contribution in [1.82, 2.24) is 14.5 Å². The molecule has 0 unspecified atom stereocenters. The van der Waals surface area contributed by atoms with Crippen molar-refractivity contribution in [2.24, 2.45) is 0 Å². The number of hydrogen-bond donors (Lipinski definition) is 1. The third-order valence-electron chi connectivity index (χ3n) is 3.81. The van der Waals surface area contributed by atoms with E-state index in [0.717, 1.165) is 6.42 Å². The van der Waals surface area contributed by atoms with Gasteiger partial charge in [-0.3, -0.25) is 10.1 Å². The lowest BCUT2D eigenvalue weighted by atomic mass is 10.0. The minimum absolute atomic E-state index is 0.121. The molecule has 1 saturated heterocycles.